The van der Waals surface area contributed by atoms with Crippen molar-refractivity contribution >= 4 is 11.8 Å². The van der Waals surface area contributed by atoms with Crippen LogP contribution in [0.2, 0.25) is 0 Å². The van der Waals surface area contributed by atoms with Crippen LogP contribution < -0.4 is 0 Å². The largest absolute Gasteiger partial charge is 0.391 e. The highest BCUT2D eigenvalue weighted by Crippen LogP contribution is 2.40. The molecule has 2 heterocycles. The van der Waals surface area contributed by atoms with Crippen LogP contribution >= 0.6 is 11.8 Å². The van der Waals surface area contributed by atoms with Gasteiger partial charge in [0.1, 0.15) is 0 Å². The Morgan fingerprint density at radius 1 is 1.31 bits per heavy atom. The number of hydrogen-bond acceptors (Lipinski definition) is 4. The van der Waals surface area contributed by atoms with Gasteiger partial charge >= 0.3 is 0 Å². The minimum atomic E-state index is -0.627. The second-order valence-electron chi connectivity index (χ2n) is 5.13. The van der Waals surface area contributed by atoms with Crippen LogP contribution in [0, 0.1) is 5.92 Å². The third-order valence-electron chi connectivity index (χ3n) is 3.91. The van der Waals surface area contributed by atoms with Crippen LogP contribution in [0.25, 0.3) is 0 Å². The van der Waals surface area contributed by atoms with Crippen LogP contribution in [0.4, 0.5) is 0 Å². The van der Waals surface area contributed by atoms with E-state index in [0.29, 0.717) is 0 Å². The molecule has 3 atom stereocenters. The summed E-state index contributed by atoms with van der Waals surface area (Å²) in [4.78, 5) is 0. The van der Waals surface area contributed by atoms with Gasteiger partial charge in [0.15, 0.2) is 0 Å². The molecule has 0 saturated carbocycles. The standard InChI is InChI=1S/C12H22O3S/c1-9(13)11(14)10-2-5-15-12(8-10)3-6-16-7-4-12/h9-11,13-14H,2-8H2,1H3. The molecule has 0 aromatic rings. The minimum absolute atomic E-state index is 0.00400. The molecule has 2 fully saturated rings. The lowest BCUT2D eigenvalue weighted by Crippen LogP contribution is -2.47. The van der Waals surface area contributed by atoms with E-state index in [9.17, 15) is 10.2 Å². The fourth-order valence-corrected chi connectivity index (χ4v) is 4.08. The molecule has 2 aliphatic heterocycles. The van der Waals surface area contributed by atoms with E-state index in [4.69, 9.17) is 4.74 Å². The topological polar surface area (TPSA) is 49.7 Å². The van der Waals surface area contributed by atoms with Gasteiger partial charge in [0, 0.05) is 6.61 Å². The maximum Gasteiger partial charge on any atom is 0.0826 e. The first-order valence-electron chi connectivity index (χ1n) is 6.21. The van der Waals surface area contributed by atoms with Crippen LogP contribution in [0.5, 0.6) is 0 Å². The van der Waals surface area contributed by atoms with Gasteiger partial charge in [0.05, 0.1) is 17.8 Å². The Kier molecular flexibility index (Phi) is 4.16. The third-order valence-corrected chi connectivity index (χ3v) is 4.90. The molecule has 0 radical (unpaired) electrons. The lowest BCUT2D eigenvalue weighted by atomic mass is 9.78. The molecular weight excluding hydrogens is 224 g/mol. The molecule has 0 aromatic heterocycles. The molecule has 2 saturated heterocycles. The summed E-state index contributed by atoms with van der Waals surface area (Å²) in [6.45, 7) is 2.41. The summed E-state index contributed by atoms with van der Waals surface area (Å²) in [5.74, 6) is 2.53. The summed E-state index contributed by atoms with van der Waals surface area (Å²) in [6.07, 6.45) is 2.77. The number of thioether (sulfide) groups is 1. The summed E-state index contributed by atoms with van der Waals surface area (Å²) in [5.41, 5.74) is 0.00400. The first-order chi connectivity index (χ1) is 7.63. The Morgan fingerprint density at radius 3 is 2.62 bits per heavy atom. The van der Waals surface area contributed by atoms with Gasteiger partial charge in [-0.15, -0.1) is 0 Å². The second-order valence-corrected chi connectivity index (χ2v) is 6.35. The van der Waals surface area contributed by atoms with Gasteiger partial charge in [-0.3, -0.25) is 0 Å². The van der Waals surface area contributed by atoms with E-state index in [2.05, 4.69) is 0 Å². The number of hydrogen-bond donors (Lipinski definition) is 2. The zero-order valence-electron chi connectivity index (χ0n) is 9.89. The van der Waals surface area contributed by atoms with Crippen molar-refractivity contribution in [2.75, 3.05) is 18.1 Å². The first kappa shape index (κ1) is 12.7. The average molecular weight is 246 g/mol. The van der Waals surface area contributed by atoms with Crippen molar-refractivity contribution in [3.63, 3.8) is 0 Å². The van der Waals surface area contributed by atoms with Crippen molar-refractivity contribution in [1.82, 2.24) is 0 Å². The smallest absolute Gasteiger partial charge is 0.0826 e. The molecule has 16 heavy (non-hydrogen) atoms. The SMILES string of the molecule is CC(O)C(O)C1CCOC2(CCSCC2)C1. The van der Waals surface area contributed by atoms with E-state index < -0.39 is 12.2 Å². The van der Waals surface area contributed by atoms with Crippen LogP contribution in [0.15, 0.2) is 0 Å². The highest BCUT2D eigenvalue weighted by molar-refractivity contribution is 7.99. The van der Waals surface area contributed by atoms with Crippen molar-refractivity contribution < 1.29 is 14.9 Å². The van der Waals surface area contributed by atoms with Crippen LogP contribution in [-0.4, -0.2) is 46.1 Å². The fraction of sp³-hybridized carbons (Fsp3) is 1.00. The molecule has 0 aromatic carbocycles. The van der Waals surface area contributed by atoms with E-state index in [1.54, 1.807) is 6.92 Å². The lowest BCUT2D eigenvalue weighted by Gasteiger charge is -2.44. The highest BCUT2D eigenvalue weighted by Gasteiger charge is 2.41. The molecule has 94 valence electrons. The molecular formula is C12H22O3S. The average Bonchev–Trinajstić information content (AvgIpc) is 2.29. The van der Waals surface area contributed by atoms with Crippen molar-refractivity contribution in [1.29, 1.82) is 0 Å². The van der Waals surface area contributed by atoms with Crippen LogP contribution in [-0.2, 0) is 4.74 Å². The third kappa shape index (κ3) is 2.73. The molecule has 1 spiro atoms. The Labute approximate surface area is 102 Å². The summed E-state index contributed by atoms with van der Waals surface area (Å²) < 4.78 is 5.96. The molecule has 2 N–H and O–H groups in total. The van der Waals surface area contributed by atoms with Gasteiger partial charge in [-0.25, -0.2) is 0 Å². The molecule has 2 aliphatic rings. The zero-order chi connectivity index (χ0) is 11.6. The number of rotatable bonds is 2. The van der Waals surface area contributed by atoms with Gasteiger partial charge in [-0.05, 0) is 50.0 Å². The molecule has 4 heteroatoms. The summed E-state index contributed by atoms with van der Waals surface area (Å²) in [5, 5.41) is 19.4. The van der Waals surface area contributed by atoms with E-state index in [-0.39, 0.29) is 11.5 Å². The second kappa shape index (κ2) is 5.25. The molecule has 0 amide bonds. The minimum Gasteiger partial charge on any atom is -0.391 e. The van der Waals surface area contributed by atoms with Gasteiger partial charge in [0.2, 0.25) is 0 Å². The Balaban J connectivity index is 1.97. The fourth-order valence-electron chi connectivity index (χ4n) is 2.84. The molecule has 3 unspecified atom stereocenters. The van der Waals surface area contributed by atoms with Crippen LogP contribution in [0.1, 0.15) is 32.6 Å². The molecule has 2 rings (SSSR count). The van der Waals surface area contributed by atoms with E-state index in [1.807, 2.05) is 11.8 Å². The highest BCUT2D eigenvalue weighted by atomic mass is 32.2. The Hall–Kier alpha value is 0.230. The molecule has 3 nitrogen and oxygen atoms in total. The number of ether oxygens (including phenoxy) is 1. The summed E-state index contributed by atoms with van der Waals surface area (Å²) in [6, 6.07) is 0. The predicted octanol–water partition coefficient (Wildman–Crippen LogP) is 1.42. The molecule has 0 aliphatic carbocycles. The zero-order valence-corrected chi connectivity index (χ0v) is 10.7. The lowest BCUT2D eigenvalue weighted by molar-refractivity contribution is -0.133. The summed E-state index contributed by atoms with van der Waals surface area (Å²) in [7, 11) is 0. The predicted molar refractivity (Wildman–Crippen MR) is 65.7 cm³/mol. The molecule has 0 bridgehead atoms. The van der Waals surface area contributed by atoms with Crippen molar-refractivity contribution in [3.05, 3.63) is 0 Å². The van der Waals surface area contributed by atoms with Gasteiger partial charge < -0.3 is 14.9 Å². The normalized spacial score (nSPS) is 33.6. The van der Waals surface area contributed by atoms with Crippen molar-refractivity contribution in [2.24, 2.45) is 5.92 Å². The van der Waals surface area contributed by atoms with Gasteiger partial charge in [-0.2, -0.15) is 11.8 Å². The first-order valence-corrected chi connectivity index (χ1v) is 7.36. The summed E-state index contributed by atoms with van der Waals surface area (Å²) >= 11 is 1.99. The van der Waals surface area contributed by atoms with Gasteiger partial charge in [-0.1, -0.05) is 0 Å². The monoisotopic (exact) mass is 246 g/mol. The number of aliphatic hydroxyl groups is 2. The van der Waals surface area contributed by atoms with Crippen molar-refractivity contribution in [3.8, 4) is 0 Å². The number of aliphatic hydroxyl groups excluding tert-OH is 2. The quantitative estimate of drug-likeness (QED) is 0.774. The van der Waals surface area contributed by atoms with E-state index >= 15 is 0 Å². The van der Waals surface area contributed by atoms with Crippen molar-refractivity contribution in [2.45, 2.75) is 50.4 Å². The van der Waals surface area contributed by atoms with E-state index in [0.717, 1.165) is 43.8 Å². The van der Waals surface area contributed by atoms with E-state index in [1.165, 1.54) is 0 Å². The maximum atomic E-state index is 9.95. The Morgan fingerprint density at radius 2 is 2.00 bits per heavy atom. The van der Waals surface area contributed by atoms with Crippen LogP contribution in [0.3, 0.4) is 0 Å². The Bertz CT molecular complexity index is 221. The maximum absolute atomic E-state index is 9.95. The van der Waals surface area contributed by atoms with Gasteiger partial charge in [0.25, 0.3) is 0 Å².